The number of nitrogens with one attached hydrogen (secondary N) is 1. The molecule has 3 nitrogen and oxygen atoms in total. The largest absolute Gasteiger partial charge is 0.323 e. The van der Waals surface area contributed by atoms with Gasteiger partial charge >= 0.3 is 0 Å². The Morgan fingerprint density at radius 2 is 2.00 bits per heavy atom. The average Bonchev–Trinajstić information content (AvgIpc) is 2.42. The maximum absolute atomic E-state index is 13.4. The quantitative estimate of drug-likeness (QED) is 0.871. The lowest BCUT2D eigenvalue weighted by Gasteiger charge is -2.11. The first-order chi connectivity index (χ1) is 9.16. The van der Waals surface area contributed by atoms with Crippen LogP contribution in [0.4, 0.5) is 10.1 Å². The van der Waals surface area contributed by atoms with Gasteiger partial charge in [-0.1, -0.05) is 30.0 Å². The molecule has 1 aromatic carbocycles. The highest BCUT2D eigenvalue weighted by atomic mass is 32.2. The molecular weight excluding hydrogens is 263 g/mol. The molecule has 1 atom stereocenters. The number of anilines is 1. The molecule has 1 heterocycles. The number of carbonyl (C=O) groups excluding carboxylic acids is 1. The van der Waals surface area contributed by atoms with Gasteiger partial charge in [0.1, 0.15) is 5.82 Å². The number of nitrogens with zero attached hydrogens (tertiary/aromatic N) is 1. The van der Waals surface area contributed by atoms with E-state index in [0.717, 1.165) is 5.03 Å². The topological polar surface area (TPSA) is 42.0 Å². The van der Waals surface area contributed by atoms with E-state index in [1.807, 2.05) is 18.2 Å². The lowest BCUT2D eigenvalue weighted by atomic mass is 10.3. The normalized spacial score (nSPS) is 11.9. The highest BCUT2D eigenvalue weighted by molar-refractivity contribution is 8.00. The molecule has 1 N–H and O–H groups in total. The molecule has 5 heteroatoms. The maximum Gasteiger partial charge on any atom is 0.237 e. The number of aromatic nitrogens is 1. The Bertz CT molecular complexity index is 562. The highest BCUT2D eigenvalue weighted by Crippen LogP contribution is 2.22. The number of para-hydroxylation sites is 1. The van der Waals surface area contributed by atoms with Gasteiger partial charge in [0.25, 0.3) is 0 Å². The molecule has 1 amide bonds. The van der Waals surface area contributed by atoms with Gasteiger partial charge < -0.3 is 5.32 Å². The molecule has 0 saturated carbocycles. The number of hydrogen-bond acceptors (Lipinski definition) is 3. The summed E-state index contributed by atoms with van der Waals surface area (Å²) >= 11 is 1.33. The second-order valence-corrected chi connectivity index (χ2v) is 5.26. The molecule has 2 aromatic rings. The minimum Gasteiger partial charge on any atom is -0.323 e. The summed E-state index contributed by atoms with van der Waals surface area (Å²) in [5, 5.41) is 2.98. The molecular formula is C14H13FN2OS. The molecule has 1 unspecified atom stereocenters. The molecule has 0 aliphatic carbocycles. The Kier molecular flexibility index (Phi) is 4.52. The summed E-state index contributed by atoms with van der Waals surface area (Å²) in [6.07, 6.45) is 1.67. The van der Waals surface area contributed by atoms with Crippen LogP contribution in [0.2, 0.25) is 0 Å². The molecule has 0 aliphatic rings. The standard InChI is InChI=1S/C14H13FN2OS/c1-10(19-13-8-4-5-9-16-13)14(18)17-12-7-3-2-6-11(12)15/h2-10H,1H3,(H,17,18). The monoisotopic (exact) mass is 276 g/mol. The fourth-order valence-electron chi connectivity index (χ4n) is 1.45. The van der Waals surface area contributed by atoms with E-state index in [-0.39, 0.29) is 16.8 Å². The van der Waals surface area contributed by atoms with Crippen LogP contribution in [-0.2, 0) is 4.79 Å². The number of hydrogen-bond donors (Lipinski definition) is 1. The van der Waals surface area contributed by atoms with E-state index in [2.05, 4.69) is 10.3 Å². The second-order valence-electron chi connectivity index (χ2n) is 3.90. The number of thioether (sulfide) groups is 1. The van der Waals surface area contributed by atoms with Gasteiger partial charge in [-0.15, -0.1) is 0 Å². The third-order valence-electron chi connectivity index (χ3n) is 2.44. The van der Waals surface area contributed by atoms with E-state index in [9.17, 15) is 9.18 Å². The summed E-state index contributed by atoms with van der Waals surface area (Å²) in [4.78, 5) is 16.1. The van der Waals surface area contributed by atoms with Crippen molar-refractivity contribution in [3.8, 4) is 0 Å². The van der Waals surface area contributed by atoms with Crippen LogP contribution in [0.15, 0.2) is 53.7 Å². The number of benzene rings is 1. The number of halogens is 1. The molecule has 98 valence electrons. The third kappa shape index (κ3) is 3.79. The van der Waals surface area contributed by atoms with Gasteiger partial charge in [-0.3, -0.25) is 4.79 Å². The Balaban J connectivity index is 1.99. The fourth-order valence-corrected chi connectivity index (χ4v) is 2.26. The van der Waals surface area contributed by atoms with Crippen molar-refractivity contribution in [1.82, 2.24) is 4.98 Å². The van der Waals surface area contributed by atoms with Gasteiger partial charge in [-0.2, -0.15) is 0 Å². The van der Waals surface area contributed by atoms with Crippen molar-refractivity contribution >= 4 is 23.4 Å². The van der Waals surface area contributed by atoms with Gasteiger partial charge in [0.2, 0.25) is 5.91 Å². The third-order valence-corrected chi connectivity index (χ3v) is 3.49. The molecule has 2 rings (SSSR count). The summed E-state index contributed by atoms with van der Waals surface area (Å²) < 4.78 is 13.4. The molecule has 0 bridgehead atoms. The van der Waals surface area contributed by atoms with Crippen LogP contribution in [0.25, 0.3) is 0 Å². The van der Waals surface area contributed by atoms with E-state index < -0.39 is 5.82 Å². The van der Waals surface area contributed by atoms with Crippen LogP contribution in [0.3, 0.4) is 0 Å². The maximum atomic E-state index is 13.4. The van der Waals surface area contributed by atoms with Crippen molar-refractivity contribution in [3.63, 3.8) is 0 Å². The van der Waals surface area contributed by atoms with Crippen LogP contribution >= 0.6 is 11.8 Å². The first kappa shape index (κ1) is 13.5. The molecule has 0 radical (unpaired) electrons. The second kappa shape index (κ2) is 6.33. The summed E-state index contributed by atoms with van der Waals surface area (Å²) in [5.74, 6) is -0.688. The molecule has 0 aliphatic heterocycles. The van der Waals surface area contributed by atoms with Crippen LogP contribution in [0, 0.1) is 5.82 Å². The predicted octanol–water partition coefficient (Wildman–Crippen LogP) is 3.34. The summed E-state index contributed by atoms with van der Waals surface area (Å²) in [6.45, 7) is 1.76. The average molecular weight is 276 g/mol. The van der Waals surface area contributed by atoms with Crippen molar-refractivity contribution < 1.29 is 9.18 Å². The minimum atomic E-state index is -0.439. The van der Waals surface area contributed by atoms with E-state index in [1.165, 1.54) is 23.9 Å². The Morgan fingerprint density at radius 3 is 2.68 bits per heavy atom. The van der Waals surface area contributed by atoms with Gasteiger partial charge in [-0.25, -0.2) is 9.37 Å². The Morgan fingerprint density at radius 1 is 1.26 bits per heavy atom. The molecule has 0 fully saturated rings. The summed E-state index contributed by atoms with van der Waals surface area (Å²) in [5.41, 5.74) is 0.195. The van der Waals surface area contributed by atoms with E-state index >= 15 is 0 Å². The summed E-state index contributed by atoms with van der Waals surface area (Å²) in [6, 6.07) is 11.6. The highest BCUT2D eigenvalue weighted by Gasteiger charge is 2.16. The fraction of sp³-hybridized carbons (Fsp3) is 0.143. The van der Waals surface area contributed by atoms with E-state index in [4.69, 9.17) is 0 Å². The van der Waals surface area contributed by atoms with Crippen molar-refractivity contribution in [1.29, 1.82) is 0 Å². The van der Waals surface area contributed by atoms with Crippen LogP contribution < -0.4 is 5.32 Å². The molecule has 0 saturated heterocycles. The van der Waals surface area contributed by atoms with Crippen molar-refractivity contribution in [2.45, 2.75) is 17.2 Å². The predicted molar refractivity (Wildman–Crippen MR) is 74.6 cm³/mol. The lowest BCUT2D eigenvalue weighted by molar-refractivity contribution is -0.115. The number of amides is 1. The molecule has 0 spiro atoms. The zero-order valence-corrected chi connectivity index (χ0v) is 11.2. The first-order valence-corrected chi connectivity index (χ1v) is 6.68. The summed E-state index contributed by atoms with van der Waals surface area (Å²) in [7, 11) is 0. The van der Waals surface area contributed by atoms with E-state index in [0.29, 0.717) is 0 Å². The smallest absolute Gasteiger partial charge is 0.237 e. The Labute approximate surface area is 115 Å². The van der Waals surface area contributed by atoms with E-state index in [1.54, 1.807) is 25.3 Å². The number of rotatable bonds is 4. The zero-order chi connectivity index (χ0) is 13.7. The Hall–Kier alpha value is -1.88. The number of pyridine rings is 1. The molecule has 1 aromatic heterocycles. The minimum absolute atomic E-state index is 0.195. The van der Waals surface area contributed by atoms with Crippen LogP contribution in [-0.4, -0.2) is 16.1 Å². The van der Waals surface area contributed by atoms with Gasteiger partial charge in [0.05, 0.1) is 16.0 Å². The zero-order valence-electron chi connectivity index (χ0n) is 10.3. The number of carbonyl (C=O) groups is 1. The van der Waals surface area contributed by atoms with Crippen molar-refractivity contribution in [2.24, 2.45) is 0 Å². The van der Waals surface area contributed by atoms with Gasteiger partial charge in [-0.05, 0) is 31.2 Å². The van der Waals surface area contributed by atoms with Crippen LogP contribution in [0.5, 0.6) is 0 Å². The van der Waals surface area contributed by atoms with Gasteiger partial charge in [0, 0.05) is 6.20 Å². The first-order valence-electron chi connectivity index (χ1n) is 5.80. The SMILES string of the molecule is CC(Sc1ccccn1)C(=O)Nc1ccccc1F. The van der Waals surface area contributed by atoms with Crippen LogP contribution in [0.1, 0.15) is 6.92 Å². The lowest BCUT2D eigenvalue weighted by Crippen LogP contribution is -2.23. The van der Waals surface area contributed by atoms with Crippen molar-refractivity contribution in [2.75, 3.05) is 5.32 Å². The molecule has 19 heavy (non-hydrogen) atoms. The van der Waals surface area contributed by atoms with Crippen molar-refractivity contribution in [3.05, 3.63) is 54.5 Å². The van der Waals surface area contributed by atoms with Gasteiger partial charge in [0.15, 0.2) is 0 Å².